The fourth-order valence-electron chi connectivity index (χ4n) is 2.70. The van der Waals surface area contributed by atoms with Crippen molar-refractivity contribution in [3.8, 4) is 22.9 Å². The highest BCUT2D eigenvalue weighted by Crippen LogP contribution is 2.24. The van der Waals surface area contributed by atoms with E-state index in [0.29, 0.717) is 23.9 Å². The Kier molecular flexibility index (Phi) is 4.93. The molecule has 0 atom stereocenters. The van der Waals surface area contributed by atoms with Crippen molar-refractivity contribution in [1.29, 1.82) is 0 Å². The van der Waals surface area contributed by atoms with Gasteiger partial charge in [-0.25, -0.2) is 0 Å². The van der Waals surface area contributed by atoms with E-state index in [1.54, 1.807) is 36.7 Å². The van der Waals surface area contributed by atoms with Crippen molar-refractivity contribution in [3.05, 3.63) is 89.7 Å². The van der Waals surface area contributed by atoms with E-state index >= 15 is 0 Å². The molecule has 0 bridgehead atoms. The van der Waals surface area contributed by atoms with Gasteiger partial charge in [-0.2, -0.15) is 0 Å². The summed E-state index contributed by atoms with van der Waals surface area (Å²) >= 11 is 0. The molecule has 2 heterocycles. The Hall–Kier alpha value is -3.80. The van der Waals surface area contributed by atoms with Crippen molar-refractivity contribution in [3.63, 3.8) is 0 Å². The fourth-order valence-corrected chi connectivity index (χ4v) is 2.70. The molecule has 0 spiro atoms. The van der Waals surface area contributed by atoms with Gasteiger partial charge in [0, 0.05) is 35.6 Å². The molecule has 0 unspecified atom stereocenters. The number of hydrogen-bond donors (Lipinski definition) is 1. The van der Waals surface area contributed by atoms with Gasteiger partial charge in [-0.15, -0.1) is 10.2 Å². The van der Waals surface area contributed by atoms with Crippen LogP contribution in [0, 0.1) is 6.92 Å². The molecule has 138 valence electrons. The Morgan fingerprint density at radius 3 is 2.04 bits per heavy atom. The first-order chi connectivity index (χ1) is 13.7. The van der Waals surface area contributed by atoms with E-state index in [1.807, 2.05) is 43.3 Å². The molecule has 2 aromatic heterocycles. The van der Waals surface area contributed by atoms with E-state index in [1.165, 1.54) is 5.56 Å². The zero-order valence-electron chi connectivity index (χ0n) is 15.3. The number of nitrogens with one attached hydrogen (secondary N) is 1. The van der Waals surface area contributed by atoms with Crippen molar-refractivity contribution in [1.82, 2.24) is 20.5 Å². The molecule has 4 rings (SSSR count). The Labute approximate surface area is 162 Å². The predicted octanol–water partition coefficient (Wildman–Crippen LogP) is 4.04. The molecule has 0 saturated heterocycles. The number of aryl methyl sites for hydroxylation is 1. The first-order valence-electron chi connectivity index (χ1n) is 8.87. The topological polar surface area (TPSA) is 80.9 Å². The third-order valence-corrected chi connectivity index (χ3v) is 4.32. The number of rotatable bonds is 5. The van der Waals surface area contributed by atoms with Gasteiger partial charge in [0.05, 0.1) is 0 Å². The zero-order valence-corrected chi connectivity index (χ0v) is 15.3. The molecule has 1 amide bonds. The van der Waals surface area contributed by atoms with Gasteiger partial charge in [0.15, 0.2) is 0 Å². The van der Waals surface area contributed by atoms with Gasteiger partial charge >= 0.3 is 0 Å². The summed E-state index contributed by atoms with van der Waals surface area (Å²) in [6, 6.07) is 18.7. The Morgan fingerprint density at radius 1 is 0.857 bits per heavy atom. The van der Waals surface area contributed by atoms with Gasteiger partial charge in [-0.05, 0) is 61.0 Å². The maximum atomic E-state index is 12.3. The molecule has 6 heteroatoms. The largest absolute Gasteiger partial charge is 0.416 e. The van der Waals surface area contributed by atoms with Gasteiger partial charge in [-0.1, -0.05) is 17.7 Å². The van der Waals surface area contributed by atoms with Crippen LogP contribution in [0.1, 0.15) is 21.5 Å². The average Bonchev–Trinajstić information content (AvgIpc) is 3.24. The van der Waals surface area contributed by atoms with Crippen LogP contribution in [-0.4, -0.2) is 21.1 Å². The average molecular weight is 370 g/mol. The van der Waals surface area contributed by atoms with Crippen molar-refractivity contribution in [2.45, 2.75) is 13.5 Å². The molecule has 0 radical (unpaired) electrons. The quantitative estimate of drug-likeness (QED) is 0.573. The lowest BCUT2D eigenvalue weighted by atomic mass is 10.1. The predicted molar refractivity (Wildman–Crippen MR) is 105 cm³/mol. The molecule has 6 nitrogen and oxygen atoms in total. The number of nitrogens with zero attached hydrogens (tertiary/aromatic N) is 3. The van der Waals surface area contributed by atoms with Gasteiger partial charge in [0.25, 0.3) is 5.91 Å². The summed E-state index contributed by atoms with van der Waals surface area (Å²) in [4.78, 5) is 16.3. The van der Waals surface area contributed by atoms with Crippen molar-refractivity contribution in [2.24, 2.45) is 0 Å². The third kappa shape index (κ3) is 3.96. The van der Waals surface area contributed by atoms with E-state index in [4.69, 9.17) is 4.42 Å². The Balaban J connectivity index is 1.44. The van der Waals surface area contributed by atoms with Gasteiger partial charge in [-0.3, -0.25) is 9.78 Å². The number of hydrogen-bond acceptors (Lipinski definition) is 5. The monoisotopic (exact) mass is 370 g/mol. The first kappa shape index (κ1) is 17.6. The van der Waals surface area contributed by atoms with Gasteiger partial charge in [0.1, 0.15) is 0 Å². The minimum Gasteiger partial charge on any atom is -0.416 e. The normalized spacial score (nSPS) is 10.6. The Bertz CT molecular complexity index is 1070. The minimum atomic E-state index is -0.144. The lowest BCUT2D eigenvalue weighted by molar-refractivity contribution is 0.0951. The van der Waals surface area contributed by atoms with Crippen LogP contribution < -0.4 is 5.32 Å². The fraction of sp³-hybridized carbons (Fsp3) is 0.0909. The van der Waals surface area contributed by atoms with Crippen LogP contribution in [0.25, 0.3) is 22.9 Å². The number of pyridine rings is 1. The van der Waals surface area contributed by atoms with Crippen LogP contribution in [0.15, 0.2) is 77.5 Å². The number of aromatic nitrogens is 3. The van der Waals surface area contributed by atoms with E-state index in [0.717, 1.165) is 16.7 Å². The minimum absolute atomic E-state index is 0.144. The molecule has 0 aliphatic carbocycles. The molecule has 0 fully saturated rings. The summed E-state index contributed by atoms with van der Waals surface area (Å²) in [5.74, 6) is 0.739. The van der Waals surface area contributed by atoms with Crippen LogP contribution >= 0.6 is 0 Å². The summed E-state index contributed by atoms with van der Waals surface area (Å²) in [6.45, 7) is 2.48. The molecule has 0 aliphatic rings. The molecule has 0 saturated carbocycles. The van der Waals surface area contributed by atoms with E-state index in [9.17, 15) is 4.79 Å². The van der Waals surface area contributed by atoms with Crippen LogP contribution in [-0.2, 0) is 6.54 Å². The van der Waals surface area contributed by atoms with Crippen LogP contribution in [0.4, 0.5) is 0 Å². The number of carbonyl (C=O) groups excluding carboxylic acids is 1. The van der Waals surface area contributed by atoms with Crippen molar-refractivity contribution < 1.29 is 9.21 Å². The zero-order chi connectivity index (χ0) is 19.3. The van der Waals surface area contributed by atoms with Gasteiger partial charge < -0.3 is 9.73 Å². The van der Waals surface area contributed by atoms with E-state index in [-0.39, 0.29) is 5.91 Å². The van der Waals surface area contributed by atoms with Crippen LogP contribution in [0.3, 0.4) is 0 Å². The van der Waals surface area contributed by atoms with Crippen molar-refractivity contribution in [2.75, 3.05) is 0 Å². The highest BCUT2D eigenvalue weighted by Gasteiger charge is 2.12. The third-order valence-electron chi connectivity index (χ3n) is 4.32. The standard InChI is InChI=1S/C22H18N4O2/c1-15-2-4-18(5-3-15)21-25-26-22(28-21)19-8-6-17(7-9-19)20(27)24-14-16-10-12-23-13-11-16/h2-13H,14H2,1H3,(H,24,27). The molecule has 2 aromatic carbocycles. The molecule has 28 heavy (non-hydrogen) atoms. The Morgan fingerprint density at radius 2 is 1.43 bits per heavy atom. The molecule has 0 aliphatic heterocycles. The number of carbonyl (C=O) groups is 1. The lowest BCUT2D eigenvalue weighted by Gasteiger charge is -2.05. The molecule has 4 aromatic rings. The second kappa shape index (κ2) is 7.84. The molecular weight excluding hydrogens is 352 g/mol. The van der Waals surface area contributed by atoms with E-state index < -0.39 is 0 Å². The van der Waals surface area contributed by atoms with Crippen molar-refractivity contribution >= 4 is 5.91 Å². The van der Waals surface area contributed by atoms with E-state index in [2.05, 4.69) is 20.5 Å². The molecule has 1 N–H and O–H groups in total. The maximum absolute atomic E-state index is 12.3. The second-order valence-corrected chi connectivity index (χ2v) is 6.39. The summed E-state index contributed by atoms with van der Waals surface area (Å²) in [5, 5.41) is 11.1. The first-order valence-corrected chi connectivity index (χ1v) is 8.87. The molecular formula is C22H18N4O2. The highest BCUT2D eigenvalue weighted by atomic mass is 16.4. The summed E-state index contributed by atoms with van der Waals surface area (Å²) in [6.07, 6.45) is 3.40. The number of benzene rings is 2. The maximum Gasteiger partial charge on any atom is 0.251 e. The van der Waals surface area contributed by atoms with Gasteiger partial charge in [0.2, 0.25) is 11.8 Å². The SMILES string of the molecule is Cc1ccc(-c2nnc(-c3ccc(C(=O)NCc4ccncc4)cc3)o2)cc1. The summed E-state index contributed by atoms with van der Waals surface area (Å²) in [5.41, 5.74) is 4.36. The summed E-state index contributed by atoms with van der Waals surface area (Å²) < 4.78 is 5.77. The van der Waals surface area contributed by atoms with Crippen LogP contribution in [0.5, 0.6) is 0 Å². The smallest absolute Gasteiger partial charge is 0.251 e. The van der Waals surface area contributed by atoms with Crippen LogP contribution in [0.2, 0.25) is 0 Å². The highest BCUT2D eigenvalue weighted by molar-refractivity contribution is 5.94. The number of amides is 1. The second-order valence-electron chi connectivity index (χ2n) is 6.39. The summed E-state index contributed by atoms with van der Waals surface area (Å²) in [7, 11) is 0. The lowest BCUT2D eigenvalue weighted by Crippen LogP contribution is -2.22.